The topological polar surface area (TPSA) is 96.1 Å². The maximum absolute atomic E-state index is 12.3. The molecule has 0 spiro atoms. The molecule has 26 heavy (non-hydrogen) atoms. The van der Waals surface area contributed by atoms with Crippen molar-refractivity contribution in [1.82, 2.24) is 15.0 Å². The van der Waals surface area contributed by atoms with Gasteiger partial charge in [0, 0.05) is 45.1 Å². The summed E-state index contributed by atoms with van der Waals surface area (Å²) in [6.45, 7) is 7.11. The highest BCUT2D eigenvalue weighted by atomic mass is 16.6. The van der Waals surface area contributed by atoms with Gasteiger partial charge in [-0.3, -0.25) is 4.79 Å². The Balaban J connectivity index is 1.71. The summed E-state index contributed by atoms with van der Waals surface area (Å²) in [4.78, 5) is 27.7. The zero-order valence-corrected chi connectivity index (χ0v) is 15.8. The van der Waals surface area contributed by atoms with Crippen molar-refractivity contribution >= 4 is 12.0 Å². The van der Waals surface area contributed by atoms with E-state index in [0.29, 0.717) is 25.3 Å². The van der Waals surface area contributed by atoms with E-state index in [9.17, 15) is 14.7 Å². The summed E-state index contributed by atoms with van der Waals surface area (Å²) in [5.41, 5.74) is -1.52. The van der Waals surface area contributed by atoms with Gasteiger partial charge in [-0.2, -0.15) is 0 Å². The van der Waals surface area contributed by atoms with Crippen molar-refractivity contribution in [3.8, 4) is 0 Å². The first-order valence-corrected chi connectivity index (χ1v) is 9.03. The monoisotopic (exact) mass is 365 g/mol. The highest BCUT2D eigenvalue weighted by Gasteiger charge is 2.48. The van der Waals surface area contributed by atoms with Gasteiger partial charge in [0.25, 0.3) is 5.91 Å². The van der Waals surface area contributed by atoms with Crippen molar-refractivity contribution in [2.24, 2.45) is 0 Å². The standard InChI is InChI=1S/C18H27N3O5/c1-17(2,3)25-16(23)21-8-5-6-12(11-21)13-10-14(26-19-13)18(24)7-9-20(4)15(18)22/h10,12,24H,5-9,11H2,1-4H3. The van der Waals surface area contributed by atoms with Gasteiger partial charge in [-0.1, -0.05) is 5.16 Å². The Morgan fingerprint density at radius 1 is 1.42 bits per heavy atom. The fourth-order valence-corrected chi connectivity index (χ4v) is 3.47. The summed E-state index contributed by atoms with van der Waals surface area (Å²) in [7, 11) is 1.65. The molecule has 144 valence electrons. The SMILES string of the molecule is CN1CCC(O)(c2cc(C3CCCN(C(=O)OC(C)(C)C)C3)no2)C1=O. The van der Waals surface area contributed by atoms with Crippen molar-refractivity contribution in [2.75, 3.05) is 26.7 Å². The molecule has 8 heteroatoms. The number of carbonyl (C=O) groups excluding carboxylic acids is 2. The average Bonchev–Trinajstić information content (AvgIpc) is 3.16. The number of likely N-dealkylation sites (N-methyl/N-ethyl adjacent to an activating group) is 1. The first-order valence-electron chi connectivity index (χ1n) is 9.03. The Morgan fingerprint density at radius 2 is 2.15 bits per heavy atom. The number of carbonyl (C=O) groups is 2. The summed E-state index contributed by atoms with van der Waals surface area (Å²) in [5.74, 6) is -0.206. The zero-order chi connectivity index (χ0) is 19.1. The van der Waals surface area contributed by atoms with Crippen LogP contribution >= 0.6 is 0 Å². The number of hydrogen-bond acceptors (Lipinski definition) is 6. The van der Waals surface area contributed by atoms with Crippen molar-refractivity contribution in [1.29, 1.82) is 0 Å². The van der Waals surface area contributed by atoms with Gasteiger partial charge in [-0.05, 0) is 33.6 Å². The lowest BCUT2D eigenvalue weighted by Crippen LogP contribution is -2.42. The predicted octanol–water partition coefficient (Wildman–Crippen LogP) is 1.84. The van der Waals surface area contributed by atoms with Gasteiger partial charge >= 0.3 is 6.09 Å². The third-order valence-corrected chi connectivity index (χ3v) is 4.94. The molecular formula is C18H27N3O5. The molecule has 1 N–H and O–H groups in total. The number of piperidine rings is 1. The molecule has 0 saturated carbocycles. The Bertz CT molecular complexity index is 695. The fourth-order valence-electron chi connectivity index (χ4n) is 3.47. The van der Waals surface area contributed by atoms with E-state index in [1.165, 1.54) is 4.90 Å². The number of nitrogens with zero attached hydrogens (tertiary/aromatic N) is 3. The number of rotatable bonds is 2. The molecule has 1 aromatic rings. The Morgan fingerprint density at radius 3 is 2.77 bits per heavy atom. The minimum absolute atomic E-state index is 0.00777. The number of aliphatic hydroxyl groups is 1. The quantitative estimate of drug-likeness (QED) is 0.859. The first kappa shape index (κ1) is 18.7. The van der Waals surface area contributed by atoms with Gasteiger partial charge in [0.15, 0.2) is 5.76 Å². The molecule has 3 heterocycles. The normalized spacial score (nSPS) is 27.1. The van der Waals surface area contributed by atoms with E-state index in [-0.39, 0.29) is 30.1 Å². The minimum atomic E-state index is -1.64. The number of amides is 2. The molecule has 2 aliphatic heterocycles. The van der Waals surface area contributed by atoms with Crippen LogP contribution in [0, 0.1) is 0 Å². The van der Waals surface area contributed by atoms with Gasteiger partial charge in [0.05, 0.1) is 5.69 Å². The van der Waals surface area contributed by atoms with E-state index in [1.807, 2.05) is 20.8 Å². The van der Waals surface area contributed by atoms with Crippen LogP contribution in [0.2, 0.25) is 0 Å². The summed E-state index contributed by atoms with van der Waals surface area (Å²) in [6.07, 6.45) is 1.64. The third kappa shape index (κ3) is 3.56. The Kier molecular flexibility index (Phi) is 4.72. The molecule has 0 radical (unpaired) electrons. The second-order valence-electron chi connectivity index (χ2n) is 8.22. The molecule has 2 atom stereocenters. The molecule has 2 aliphatic rings. The number of ether oxygens (including phenoxy) is 1. The molecule has 8 nitrogen and oxygen atoms in total. The maximum Gasteiger partial charge on any atom is 0.410 e. The van der Waals surface area contributed by atoms with E-state index in [2.05, 4.69) is 5.16 Å². The van der Waals surface area contributed by atoms with E-state index >= 15 is 0 Å². The van der Waals surface area contributed by atoms with Crippen LogP contribution in [-0.2, 0) is 15.1 Å². The van der Waals surface area contributed by atoms with E-state index in [4.69, 9.17) is 9.26 Å². The molecule has 2 fully saturated rings. The van der Waals surface area contributed by atoms with Gasteiger partial charge < -0.3 is 24.2 Å². The lowest BCUT2D eigenvalue weighted by atomic mass is 9.92. The van der Waals surface area contributed by atoms with Gasteiger partial charge in [0.2, 0.25) is 5.60 Å². The van der Waals surface area contributed by atoms with Crippen LogP contribution in [-0.4, -0.2) is 64.3 Å². The Labute approximate surface area is 153 Å². The van der Waals surface area contributed by atoms with Crippen LogP contribution in [0.4, 0.5) is 4.79 Å². The summed E-state index contributed by atoms with van der Waals surface area (Å²) >= 11 is 0. The van der Waals surface area contributed by atoms with Crippen LogP contribution in [0.3, 0.4) is 0 Å². The molecule has 1 aromatic heterocycles. The number of hydrogen-bond donors (Lipinski definition) is 1. The van der Waals surface area contributed by atoms with Crippen molar-refractivity contribution in [3.05, 3.63) is 17.5 Å². The minimum Gasteiger partial charge on any atom is -0.444 e. The molecule has 0 aromatic carbocycles. The molecule has 2 amide bonds. The lowest BCUT2D eigenvalue weighted by molar-refractivity contribution is -0.144. The Hall–Kier alpha value is -2.09. The van der Waals surface area contributed by atoms with Crippen LogP contribution in [0.5, 0.6) is 0 Å². The van der Waals surface area contributed by atoms with E-state index in [0.717, 1.165) is 12.8 Å². The molecular weight excluding hydrogens is 338 g/mol. The lowest BCUT2D eigenvalue weighted by Gasteiger charge is -2.33. The number of aromatic nitrogens is 1. The van der Waals surface area contributed by atoms with Gasteiger partial charge in [0.1, 0.15) is 5.60 Å². The summed E-state index contributed by atoms with van der Waals surface area (Å²) in [6, 6.07) is 1.65. The molecule has 2 saturated heterocycles. The largest absolute Gasteiger partial charge is 0.444 e. The van der Waals surface area contributed by atoms with Crippen LogP contribution in [0.15, 0.2) is 10.6 Å². The average molecular weight is 365 g/mol. The number of likely N-dealkylation sites (tertiary alicyclic amines) is 2. The highest BCUT2D eigenvalue weighted by Crippen LogP contribution is 2.35. The smallest absolute Gasteiger partial charge is 0.410 e. The maximum atomic E-state index is 12.3. The molecule has 0 aliphatic carbocycles. The van der Waals surface area contributed by atoms with E-state index in [1.54, 1.807) is 18.0 Å². The van der Waals surface area contributed by atoms with E-state index < -0.39 is 11.2 Å². The van der Waals surface area contributed by atoms with Crippen molar-refractivity contribution < 1.29 is 24.0 Å². The van der Waals surface area contributed by atoms with Gasteiger partial charge in [-0.15, -0.1) is 0 Å². The van der Waals surface area contributed by atoms with Crippen LogP contribution in [0.25, 0.3) is 0 Å². The zero-order valence-electron chi connectivity index (χ0n) is 15.8. The summed E-state index contributed by atoms with van der Waals surface area (Å²) in [5, 5.41) is 14.7. The molecule has 0 bridgehead atoms. The molecule has 2 unspecified atom stereocenters. The second-order valence-corrected chi connectivity index (χ2v) is 8.22. The van der Waals surface area contributed by atoms with Crippen molar-refractivity contribution in [3.63, 3.8) is 0 Å². The first-order chi connectivity index (χ1) is 12.1. The van der Waals surface area contributed by atoms with Crippen molar-refractivity contribution in [2.45, 2.75) is 57.2 Å². The second kappa shape index (κ2) is 6.57. The van der Waals surface area contributed by atoms with Gasteiger partial charge in [-0.25, -0.2) is 4.79 Å². The van der Waals surface area contributed by atoms with Crippen LogP contribution in [0.1, 0.15) is 57.4 Å². The summed E-state index contributed by atoms with van der Waals surface area (Å²) < 4.78 is 10.8. The predicted molar refractivity (Wildman–Crippen MR) is 92.4 cm³/mol. The van der Waals surface area contributed by atoms with Crippen LogP contribution < -0.4 is 0 Å². The highest BCUT2D eigenvalue weighted by molar-refractivity contribution is 5.87. The third-order valence-electron chi connectivity index (χ3n) is 4.94. The fraction of sp³-hybridized carbons (Fsp3) is 0.722. The molecule has 3 rings (SSSR count).